The van der Waals surface area contributed by atoms with Crippen LogP contribution in [0.15, 0.2) is 23.6 Å². The molecule has 3 heterocycles. The Morgan fingerprint density at radius 1 is 1.30 bits per heavy atom. The second-order valence-electron chi connectivity index (χ2n) is 6.14. The van der Waals surface area contributed by atoms with Gasteiger partial charge in [-0.3, -0.25) is 4.79 Å². The molecule has 23 heavy (non-hydrogen) atoms. The summed E-state index contributed by atoms with van der Waals surface area (Å²) >= 11 is 1.39. The molecule has 1 spiro atoms. The van der Waals surface area contributed by atoms with E-state index in [1.807, 2.05) is 4.90 Å². The van der Waals surface area contributed by atoms with Gasteiger partial charge < -0.3 is 10.2 Å². The average molecular weight is 335 g/mol. The van der Waals surface area contributed by atoms with E-state index in [1.54, 1.807) is 5.38 Å². The van der Waals surface area contributed by atoms with Crippen molar-refractivity contribution in [1.82, 2.24) is 10.3 Å². The first kappa shape index (κ1) is 14.6. The zero-order valence-corrected chi connectivity index (χ0v) is 13.1. The summed E-state index contributed by atoms with van der Waals surface area (Å²) < 4.78 is 27.1. The average Bonchev–Trinajstić information content (AvgIpc) is 2.97. The van der Waals surface area contributed by atoms with Crippen LogP contribution in [0.5, 0.6) is 0 Å². The minimum Gasteiger partial charge on any atom is -0.356 e. The molecule has 0 atom stereocenters. The van der Waals surface area contributed by atoms with E-state index in [0.717, 1.165) is 42.7 Å². The number of anilines is 1. The second-order valence-corrected chi connectivity index (χ2v) is 6.97. The molecule has 4 nitrogen and oxygen atoms in total. The molecule has 2 saturated heterocycles. The minimum absolute atomic E-state index is 0.118. The van der Waals surface area contributed by atoms with Crippen LogP contribution in [0.2, 0.25) is 0 Å². The van der Waals surface area contributed by atoms with E-state index in [1.165, 1.54) is 11.3 Å². The van der Waals surface area contributed by atoms with E-state index in [9.17, 15) is 13.6 Å². The van der Waals surface area contributed by atoms with Crippen molar-refractivity contribution < 1.29 is 13.6 Å². The first-order chi connectivity index (χ1) is 11.1. The molecular weight excluding hydrogens is 320 g/mol. The maximum Gasteiger partial charge on any atom is 0.229 e. The lowest BCUT2D eigenvalue weighted by Crippen LogP contribution is -2.65. The molecule has 120 valence electrons. The van der Waals surface area contributed by atoms with Crippen LogP contribution in [0.1, 0.15) is 12.8 Å². The number of aromatic nitrogens is 1. The fourth-order valence-electron chi connectivity index (χ4n) is 3.28. The van der Waals surface area contributed by atoms with Crippen LogP contribution >= 0.6 is 11.3 Å². The number of rotatable bonds is 2. The number of thiazole rings is 1. The van der Waals surface area contributed by atoms with Crippen LogP contribution in [-0.4, -0.2) is 30.5 Å². The number of amides is 1. The topological polar surface area (TPSA) is 45.2 Å². The van der Waals surface area contributed by atoms with Gasteiger partial charge in [0.05, 0.1) is 11.1 Å². The van der Waals surface area contributed by atoms with Gasteiger partial charge in [0.25, 0.3) is 0 Å². The Hall–Kier alpha value is -2.02. The van der Waals surface area contributed by atoms with Crippen molar-refractivity contribution in [1.29, 1.82) is 0 Å². The normalized spacial score (nSPS) is 19.6. The fourth-order valence-corrected chi connectivity index (χ4v) is 4.10. The Balaban J connectivity index is 1.54. The number of halogens is 2. The van der Waals surface area contributed by atoms with E-state index >= 15 is 0 Å². The molecule has 4 rings (SSSR count). The molecule has 1 N–H and O–H groups in total. The van der Waals surface area contributed by atoms with Gasteiger partial charge in [-0.1, -0.05) is 0 Å². The van der Waals surface area contributed by atoms with Crippen molar-refractivity contribution in [3.63, 3.8) is 0 Å². The molecule has 2 aliphatic rings. The largest absolute Gasteiger partial charge is 0.356 e. The van der Waals surface area contributed by atoms with Gasteiger partial charge in [-0.05, 0) is 31.0 Å². The molecule has 1 aromatic heterocycles. The van der Waals surface area contributed by atoms with E-state index in [2.05, 4.69) is 10.3 Å². The Morgan fingerprint density at radius 3 is 2.91 bits per heavy atom. The third-order valence-electron chi connectivity index (χ3n) is 4.55. The van der Waals surface area contributed by atoms with E-state index in [4.69, 9.17) is 0 Å². The first-order valence-corrected chi connectivity index (χ1v) is 8.40. The molecule has 0 saturated carbocycles. The summed E-state index contributed by atoms with van der Waals surface area (Å²) in [7, 11) is 0. The number of piperidine rings is 1. The van der Waals surface area contributed by atoms with Crippen LogP contribution in [0.4, 0.5) is 13.9 Å². The van der Waals surface area contributed by atoms with Crippen molar-refractivity contribution in [2.24, 2.45) is 5.41 Å². The van der Waals surface area contributed by atoms with Gasteiger partial charge in [0.15, 0.2) is 5.13 Å². The fraction of sp³-hybridized carbons (Fsp3) is 0.375. The first-order valence-electron chi connectivity index (χ1n) is 7.52. The maximum atomic E-state index is 13.8. The van der Waals surface area contributed by atoms with Gasteiger partial charge in [-0.25, -0.2) is 13.8 Å². The third kappa shape index (κ3) is 2.39. The summed E-state index contributed by atoms with van der Waals surface area (Å²) in [5, 5.41) is 5.38. The van der Waals surface area contributed by atoms with Crippen molar-refractivity contribution >= 4 is 22.4 Å². The number of hydrogen-bond donors (Lipinski definition) is 1. The molecule has 2 aliphatic heterocycles. The SMILES string of the molecule is O=C1NCCCC12CN(c1nc(-c3cc(F)ccc3F)cs1)C2. The third-order valence-corrected chi connectivity index (χ3v) is 5.45. The minimum atomic E-state index is -0.491. The maximum absolute atomic E-state index is 13.8. The lowest BCUT2D eigenvalue weighted by atomic mass is 9.73. The van der Waals surface area contributed by atoms with E-state index < -0.39 is 11.6 Å². The predicted molar refractivity (Wildman–Crippen MR) is 84.4 cm³/mol. The van der Waals surface area contributed by atoms with E-state index in [-0.39, 0.29) is 16.9 Å². The second kappa shape index (κ2) is 5.26. The zero-order valence-electron chi connectivity index (χ0n) is 12.3. The standard InChI is InChI=1S/C16H15F2N3OS/c17-10-2-3-12(18)11(6-10)13-7-23-15(20-13)21-8-16(9-21)4-1-5-19-14(16)22/h2-3,6-7H,1,4-5,8-9H2,(H,19,22). The van der Waals surface area contributed by atoms with Gasteiger partial charge in [0, 0.05) is 30.6 Å². The summed E-state index contributed by atoms with van der Waals surface area (Å²) in [4.78, 5) is 18.5. The number of carbonyl (C=O) groups excluding carboxylic acids is 1. The van der Waals surface area contributed by atoms with Crippen molar-refractivity contribution in [3.8, 4) is 11.3 Å². The van der Waals surface area contributed by atoms with Crippen LogP contribution in [0.3, 0.4) is 0 Å². The molecule has 0 bridgehead atoms. The Morgan fingerprint density at radius 2 is 2.13 bits per heavy atom. The van der Waals surface area contributed by atoms with Gasteiger partial charge in [-0.15, -0.1) is 11.3 Å². The number of carbonyl (C=O) groups is 1. The van der Waals surface area contributed by atoms with Crippen molar-refractivity contribution in [2.75, 3.05) is 24.5 Å². The molecule has 0 radical (unpaired) electrons. The summed E-state index contributed by atoms with van der Waals surface area (Å²) in [6.07, 6.45) is 1.89. The molecule has 1 aromatic carbocycles. The Kier molecular flexibility index (Phi) is 3.33. The van der Waals surface area contributed by atoms with Crippen LogP contribution in [0.25, 0.3) is 11.3 Å². The highest BCUT2D eigenvalue weighted by atomic mass is 32.1. The molecule has 7 heteroatoms. The van der Waals surface area contributed by atoms with Crippen molar-refractivity contribution in [2.45, 2.75) is 12.8 Å². The Labute approximate surface area is 136 Å². The molecule has 0 unspecified atom stereocenters. The number of hydrogen-bond acceptors (Lipinski definition) is 4. The number of nitrogens with zero attached hydrogens (tertiary/aromatic N) is 2. The quantitative estimate of drug-likeness (QED) is 0.918. The molecular formula is C16H15F2N3OS. The smallest absolute Gasteiger partial charge is 0.229 e. The predicted octanol–water partition coefficient (Wildman–Crippen LogP) is 2.80. The van der Waals surface area contributed by atoms with E-state index in [0.29, 0.717) is 18.8 Å². The summed E-state index contributed by atoms with van der Waals surface area (Å²) in [5.41, 5.74) is 0.294. The molecule has 1 amide bonds. The number of nitrogens with one attached hydrogen (secondary N) is 1. The molecule has 2 fully saturated rings. The van der Waals surface area contributed by atoms with Gasteiger partial charge in [0.1, 0.15) is 11.6 Å². The van der Waals surface area contributed by atoms with Gasteiger partial charge >= 0.3 is 0 Å². The molecule has 2 aromatic rings. The summed E-state index contributed by atoms with van der Waals surface area (Å²) in [5.74, 6) is -0.860. The van der Waals surface area contributed by atoms with Crippen LogP contribution in [0, 0.1) is 17.0 Å². The summed E-state index contributed by atoms with van der Waals surface area (Å²) in [6.45, 7) is 2.02. The van der Waals surface area contributed by atoms with Gasteiger partial charge in [-0.2, -0.15) is 0 Å². The van der Waals surface area contributed by atoms with Crippen LogP contribution in [-0.2, 0) is 4.79 Å². The van der Waals surface area contributed by atoms with Crippen LogP contribution < -0.4 is 10.2 Å². The molecule has 0 aliphatic carbocycles. The Bertz CT molecular complexity index is 770. The highest BCUT2D eigenvalue weighted by Gasteiger charge is 2.50. The number of benzene rings is 1. The lowest BCUT2D eigenvalue weighted by Gasteiger charge is -2.50. The van der Waals surface area contributed by atoms with Crippen molar-refractivity contribution in [3.05, 3.63) is 35.2 Å². The lowest BCUT2D eigenvalue weighted by molar-refractivity contribution is -0.135. The van der Waals surface area contributed by atoms with Gasteiger partial charge in [0.2, 0.25) is 5.91 Å². The monoisotopic (exact) mass is 335 g/mol. The highest BCUT2D eigenvalue weighted by molar-refractivity contribution is 7.14. The zero-order chi connectivity index (χ0) is 16.0. The highest BCUT2D eigenvalue weighted by Crippen LogP contribution is 2.41. The summed E-state index contributed by atoms with van der Waals surface area (Å²) in [6, 6.07) is 3.35.